The molecule has 17 heavy (non-hydrogen) atoms. The van der Waals surface area contributed by atoms with Crippen LogP contribution in [0.4, 0.5) is 0 Å². The van der Waals surface area contributed by atoms with Gasteiger partial charge in [0.1, 0.15) is 4.60 Å². The lowest BCUT2D eigenvalue weighted by Crippen LogP contribution is -2.38. The van der Waals surface area contributed by atoms with Gasteiger partial charge >= 0.3 is 5.97 Å². The molecule has 6 nitrogen and oxygen atoms in total. The van der Waals surface area contributed by atoms with Crippen LogP contribution in [0.5, 0.6) is 0 Å². The molecule has 0 aliphatic carbocycles. The van der Waals surface area contributed by atoms with Crippen molar-refractivity contribution in [3.05, 3.63) is 28.5 Å². The van der Waals surface area contributed by atoms with E-state index >= 15 is 0 Å². The molecule has 1 rings (SSSR count). The topological polar surface area (TPSA) is 88.5 Å². The normalized spacial score (nSPS) is 11.9. The average molecular weight is 303 g/mol. The summed E-state index contributed by atoms with van der Waals surface area (Å²) in [5.74, 6) is -1.54. The number of nitrogens with one attached hydrogen (secondary N) is 1. The first-order chi connectivity index (χ1) is 8.06. The number of methoxy groups -OCH3 is 1. The minimum Gasteiger partial charge on any atom is -0.479 e. The van der Waals surface area contributed by atoms with Gasteiger partial charge in [0.05, 0.1) is 12.1 Å². The van der Waals surface area contributed by atoms with Gasteiger partial charge in [-0.15, -0.1) is 0 Å². The molecule has 1 unspecified atom stereocenters. The number of rotatable bonds is 5. The number of carboxylic acid groups (broad SMARTS) is 1. The van der Waals surface area contributed by atoms with Gasteiger partial charge in [0.25, 0.3) is 5.91 Å². The van der Waals surface area contributed by atoms with Crippen molar-refractivity contribution in [3.63, 3.8) is 0 Å². The maximum atomic E-state index is 11.7. The number of nitrogens with zero attached hydrogens (tertiary/aromatic N) is 1. The Hall–Kier alpha value is -1.47. The zero-order chi connectivity index (χ0) is 12.8. The summed E-state index contributed by atoms with van der Waals surface area (Å²) in [6.45, 7) is -0.105. The van der Waals surface area contributed by atoms with Crippen molar-refractivity contribution in [1.29, 1.82) is 0 Å². The molecule has 1 atom stereocenters. The minimum atomic E-state index is -1.13. The quantitative estimate of drug-likeness (QED) is 0.781. The zero-order valence-electron chi connectivity index (χ0n) is 9.01. The molecule has 0 aliphatic rings. The predicted molar refractivity (Wildman–Crippen MR) is 62.7 cm³/mol. The number of hydrogen-bond donors (Lipinski definition) is 2. The van der Waals surface area contributed by atoms with Crippen LogP contribution in [0.3, 0.4) is 0 Å². The Bertz CT molecular complexity index is 425. The molecule has 2 N–H and O–H groups in total. The van der Waals surface area contributed by atoms with Gasteiger partial charge in [-0.25, -0.2) is 9.78 Å². The first kappa shape index (κ1) is 13.6. The second-order valence-corrected chi connectivity index (χ2v) is 3.87. The fourth-order valence-corrected chi connectivity index (χ4v) is 1.54. The number of halogens is 1. The van der Waals surface area contributed by atoms with Crippen molar-refractivity contribution < 1.29 is 19.4 Å². The second-order valence-electron chi connectivity index (χ2n) is 3.11. The van der Waals surface area contributed by atoms with Crippen molar-refractivity contribution in [1.82, 2.24) is 10.3 Å². The van der Waals surface area contributed by atoms with E-state index in [0.717, 1.165) is 0 Å². The van der Waals surface area contributed by atoms with Crippen molar-refractivity contribution in [2.75, 3.05) is 13.7 Å². The molecular weight excluding hydrogens is 292 g/mol. The summed E-state index contributed by atoms with van der Waals surface area (Å²) < 4.78 is 5.09. The summed E-state index contributed by atoms with van der Waals surface area (Å²) in [5, 5.41) is 11.2. The lowest BCUT2D eigenvalue weighted by Gasteiger charge is -2.11. The Morgan fingerprint density at radius 1 is 1.65 bits per heavy atom. The standard InChI is InChI=1S/C10H11BrN2O4/c1-17-7(10(15)16)5-13-9(14)6-3-2-4-12-8(6)11/h2-4,7H,5H2,1H3,(H,13,14)(H,15,16). The Labute approximate surface area is 106 Å². The van der Waals surface area contributed by atoms with E-state index in [0.29, 0.717) is 10.2 Å². The molecule has 1 aromatic rings. The fraction of sp³-hybridized carbons (Fsp3) is 0.300. The van der Waals surface area contributed by atoms with Crippen LogP contribution in [0, 0.1) is 0 Å². The van der Waals surface area contributed by atoms with Crippen molar-refractivity contribution >= 4 is 27.8 Å². The number of aromatic nitrogens is 1. The predicted octanol–water partition coefficient (Wildman–Crippen LogP) is 0.674. The molecule has 92 valence electrons. The van der Waals surface area contributed by atoms with E-state index in [-0.39, 0.29) is 6.54 Å². The molecule has 0 spiro atoms. The van der Waals surface area contributed by atoms with Gasteiger partial charge < -0.3 is 15.2 Å². The molecule has 0 aromatic carbocycles. The van der Waals surface area contributed by atoms with E-state index in [2.05, 4.69) is 31.0 Å². The highest BCUT2D eigenvalue weighted by Crippen LogP contribution is 2.11. The molecule has 0 saturated carbocycles. The summed E-state index contributed by atoms with van der Waals surface area (Å²) in [7, 11) is 1.27. The molecule has 7 heteroatoms. The Balaban J connectivity index is 2.62. The average Bonchev–Trinajstić information content (AvgIpc) is 2.29. The second kappa shape index (κ2) is 6.31. The maximum Gasteiger partial charge on any atom is 0.334 e. The molecule has 0 radical (unpaired) electrons. The van der Waals surface area contributed by atoms with Crippen molar-refractivity contribution in [2.45, 2.75) is 6.10 Å². The number of carbonyl (C=O) groups excluding carboxylic acids is 1. The smallest absolute Gasteiger partial charge is 0.334 e. The SMILES string of the molecule is COC(CNC(=O)c1cccnc1Br)C(=O)O. The molecule has 0 bridgehead atoms. The van der Waals surface area contributed by atoms with E-state index in [9.17, 15) is 9.59 Å². The van der Waals surface area contributed by atoms with Gasteiger partial charge in [-0.3, -0.25) is 4.79 Å². The number of hydrogen-bond acceptors (Lipinski definition) is 4. The van der Waals surface area contributed by atoms with E-state index in [1.54, 1.807) is 12.1 Å². The molecule has 0 saturated heterocycles. The monoisotopic (exact) mass is 302 g/mol. The van der Waals surface area contributed by atoms with Crippen molar-refractivity contribution in [2.24, 2.45) is 0 Å². The van der Waals surface area contributed by atoms with E-state index in [4.69, 9.17) is 5.11 Å². The molecule has 0 aliphatic heterocycles. The van der Waals surface area contributed by atoms with E-state index < -0.39 is 18.0 Å². The number of carboxylic acids is 1. The number of pyridine rings is 1. The largest absolute Gasteiger partial charge is 0.479 e. The molecule has 1 heterocycles. The summed E-state index contributed by atoms with van der Waals surface area (Å²) in [4.78, 5) is 26.2. The Kier molecular flexibility index (Phi) is 5.05. The van der Waals surface area contributed by atoms with Crippen LogP contribution in [-0.4, -0.2) is 41.7 Å². The molecule has 1 amide bonds. The van der Waals surface area contributed by atoms with Crippen LogP contribution >= 0.6 is 15.9 Å². The zero-order valence-corrected chi connectivity index (χ0v) is 10.6. The highest BCUT2D eigenvalue weighted by atomic mass is 79.9. The first-order valence-electron chi connectivity index (χ1n) is 4.70. The number of ether oxygens (including phenoxy) is 1. The highest BCUT2D eigenvalue weighted by molar-refractivity contribution is 9.10. The summed E-state index contributed by atoms with van der Waals surface area (Å²) in [6, 6.07) is 3.19. The molecule has 1 aromatic heterocycles. The van der Waals surface area contributed by atoms with E-state index in [1.165, 1.54) is 13.3 Å². The number of amides is 1. The number of aliphatic carboxylic acids is 1. The molecular formula is C10H11BrN2O4. The molecule has 0 fully saturated rings. The Morgan fingerprint density at radius 3 is 2.88 bits per heavy atom. The van der Waals surface area contributed by atoms with Crippen LogP contribution in [0.1, 0.15) is 10.4 Å². The third-order valence-corrected chi connectivity index (χ3v) is 2.64. The number of carbonyl (C=O) groups is 2. The fourth-order valence-electron chi connectivity index (χ4n) is 1.11. The summed E-state index contributed by atoms with van der Waals surface area (Å²) in [5.41, 5.74) is 0.341. The first-order valence-corrected chi connectivity index (χ1v) is 5.50. The third kappa shape index (κ3) is 3.79. The van der Waals surface area contributed by atoms with Gasteiger partial charge in [-0.1, -0.05) is 0 Å². The minimum absolute atomic E-state index is 0.105. The highest BCUT2D eigenvalue weighted by Gasteiger charge is 2.18. The summed E-state index contributed by atoms with van der Waals surface area (Å²) in [6.07, 6.45) is 0.477. The van der Waals surface area contributed by atoms with Crippen LogP contribution in [0.2, 0.25) is 0 Å². The maximum absolute atomic E-state index is 11.7. The lowest BCUT2D eigenvalue weighted by molar-refractivity contribution is -0.148. The van der Waals surface area contributed by atoms with Gasteiger partial charge in [0.15, 0.2) is 6.10 Å². The van der Waals surface area contributed by atoms with Gasteiger partial charge in [0.2, 0.25) is 0 Å². The third-order valence-electron chi connectivity index (χ3n) is 2.01. The van der Waals surface area contributed by atoms with Crippen LogP contribution in [0.25, 0.3) is 0 Å². The summed E-state index contributed by atoms with van der Waals surface area (Å²) >= 11 is 3.13. The Morgan fingerprint density at radius 2 is 2.35 bits per heavy atom. The van der Waals surface area contributed by atoms with Crippen LogP contribution in [-0.2, 0) is 9.53 Å². The van der Waals surface area contributed by atoms with Gasteiger partial charge in [-0.2, -0.15) is 0 Å². The van der Waals surface area contributed by atoms with Crippen molar-refractivity contribution in [3.8, 4) is 0 Å². The van der Waals surface area contributed by atoms with Gasteiger partial charge in [-0.05, 0) is 28.1 Å². The lowest BCUT2D eigenvalue weighted by atomic mass is 10.2. The van der Waals surface area contributed by atoms with Gasteiger partial charge in [0, 0.05) is 13.3 Å². The van der Waals surface area contributed by atoms with Crippen LogP contribution < -0.4 is 5.32 Å². The van der Waals surface area contributed by atoms with E-state index in [1.807, 2.05) is 0 Å². The van der Waals surface area contributed by atoms with Crippen LogP contribution in [0.15, 0.2) is 22.9 Å².